The van der Waals surface area contributed by atoms with E-state index in [4.69, 9.17) is 9.72 Å². The molecule has 0 saturated heterocycles. The Hall–Kier alpha value is -3.65. The van der Waals surface area contributed by atoms with Crippen molar-refractivity contribution in [2.75, 3.05) is 7.11 Å². The number of hydrogen-bond acceptors (Lipinski definition) is 6. The number of hydrogen-bond donors (Lipinski definition) is 0. The van der Waals surface area contributed by atoms with Crippen molar-refractivity contribution in [2.45, 2.75) is 9.92 Å². The van der Waals surface area contributed by atoms with Gasteiger partial charge in [0.05, 0.1) is 12.0 Å². The third kappa shape index (κ3) is 3.57. The first-order chi connectivity index (χ1) is 14.1. The summed E-state index contributed by atoms with van der Waals surface area (Å²) in [5, 5.41) is 12.1. The molecule has 0 aliphatic heterocycles. The number of benzene rings is 2. The second-order valence-corrected chi connectivity index (χ2v) is 7.15. The maximum absolute atomic E-state index is 12.0. The monoisotopic (exact) mass is 405 g/mol. The van der Waals surface area contributed by atoms with Crippen LogP contribution in [0.15, 0.2) is 82.8 Å². The van der Waals surface area contributed by atoms with Crippen LogP contribution >= 0.6 is 11.8 Å². The molecule has 2 aromatic carbocycles. The zero-order valence-electron chi connectivity index (χ0n) is 15.3. The zero-order valence-corrected chi connectivity index (χ0v) is 16.1. The molecule has 0 spiro atoms. The SMILES string of the molecule is COC(=O)c1cc(Sc2c(-c3ccccc3)nc3ccccn23)ccc1[N+](=O)[O-]. The van der Waals surface area contributed by atoms with Gasteiger partial charge in [0.25, 0.3) is 5.69 Å². The Labute approximate surface area is 170 Å². The maximum atomic E-state index is 12.0. The van der Waals surface area contributed by atoms with Gasteiger partial charge in [0.15, 0.2) is 0 Å². The summed E-state index contributed by atoms with van der Waals surface area (Å²) < 4.78 is 6.66. The van der Waals surface area contributed by atoms with Crippen molar-refractivity contribution in [3.05, 3.63) is 88.6 Å². The van der Waals surface area contributed by atoms with Crippen LogP contribution in [0.5, 0.6) is 0 Å². The van der Waals surface area contributed by atoms with Crippen molar-refractivity contribution in [3.63, 3.8) is 0 Å². The summed E-state index contributed by atoms with van der Waals surface area (Å²) in [6.45, 7) is 0. The van der Waals surface area contributed by atoms with Gasteiger partial charge >= 0.3 is 5.97 Å². The largest absolute Gasteiger partial charge is 0.465 e. The first-order valence-electron chi connectivity index (χ1n) is 8.65. The number of carbonyl (C=O) groups is 1. The van der Waals surface area contributed by atoms with Gasteiger partial charge in [-0.05, 0) is 24.3 Å². The molecule has 8 heteroatoms. The molecule has 2 aromatic heterocycles. The van der Waals surface area contributed by atoms with E-state index in [0.717, 1.165) is 21.9 Å². The topological polar surface area (TPSA) is 86.7 Å². The Morgan fingerprint density at radius 3 is 2.59 bits per heavy atom. The lowest BCUT2D eigenvalue weighted by Gasteiger charge is -2.07. The van der Waals surface area contributed by atoms with Crippen molar-refractivity contribution in [3.8, 4) is 11.3 Å². The maximum Gasteiger partial charge on any atom is 0.344 e. The molecule has 0 radical (unpaired) electrons. The lowest BCUT2D eigenvalue weighted by Crippen LogP contribution is -2.05. The van der Waals surface area contributed by atoms with Gasteiger partial charge in [-0.1, -0.05) is 48.2 Å². The molecule has 2 heterocycles. The van der Waals surface area contributed by atoms with Gasteiger partial charge in [-0.25, -0.2) is 9.78 Å². The summed E-state index contributed by atoms with van der Waals surface area (Å²) in [6.07, 6.45) is 1.91. The van der Waals surface area contributed by atoms with Crippen molar-refractivity contribution in [2.24, 2.45) is 0 Å². The van der Waals surface area contributed by atoms with Crippen LogP contribution in [-0.2, 0) is 4.74 Å². The number of nitrogens with zero attached hydrogens (tertiary/aromatic N) is 3. The number of carbonyl (C=O) groups excluding carboxylic acids is 1. The number of methoxy groups -OCH3 is 1. The average molecular weight is 405 g/mol. The van der Waals surface area contributed by atoms with Gasteiger partial charge in [-0.2, -0.15) is 0 Å². The molecular weight excluding hydrogens is 390 g/mol. The molecule has 4 rings (SSSR count). The van der Waals surface area contributed by atoms with Gasteiger partial charge in [0.2, 0.25) is 0 Å². The summed E-state index contributed by atoms with van der Waals surface area (Å²) in [4.78, 5) is 28.1. The zero-order chi connectivity index (χ0) is 20.4. The number of esters is 1. The summed E-state index contributed by atoms with van der Waals surface area (Å²) in [6, 6.07) is 19.9. The molecule has 0 aliphatic rings. The molecule has 4 aromatic rings. The standard InChI is InChI=1S/C21H15N3O4S/c1-28-21(25)16-13-15(10-11-17(16)24(26)27)29-20-19(14-7-3-2-4-8-14)22-18-9-5-6-12-23(18)20/h2-13H,1H3. The Morgan fingerprint density at radius 2 is 1.86 bits per heavy atom. The number of rotatable bonds is 5. The Bertz CT molecular complexity index is 1220. The number of nitro groups is 1. The van der Waals surface area contributed by atoms with Crippen molar-refractivity contribution in [1.29, 1.82) is 0 Å². The van der Waals surface area contributed by atoms with E-state index in [-0.39, 0.29) is 11.3 Å². The third-order valence-corrected chi connectivity index (χ3v) is 5.39. The molecule has 0 fully saturated rings. The fourth-order valence-corrected chi connectivity index (χ4v) is 4.03. The van der Waals surface area contributed by atoms with Crippen molar-refractivity contribution >= 4 is 29.1 Å². The number of fused-ring (bicyclic) bond motifs is 1. The number of ether oxygens (including phenoxy) is 1. The van der Waals surface area contributed by atoms with Crippen LogP contribution < -0.4 is 0 Å². The third-order valence-electron chi connectivity index (χ3n) is 4.32. The highest BCUT2D eigenvalue weighted by molar-refractivity contribution is 7.99. The quantitative estimate of drug-likeness (QED) is 0.268. The molecule has 0 saturated carbocycles. The lowest BCUT2D eigenvalue weighted by molar-refractivity contribution is -0.385. The van der Waals surface area contributed by atoms with Crippen LogP contribution in [0.1, 0.15) is 10.4 Å². The van der Waals surface area contributed by atoms with E-state index >= 15 is 0 Å². The predicted octanol–water partition coefficient (Wildman–Crippen LogP) is 4.85. The molecule has 144 valence electrons. The molecule has 29 heavy (non-hydrogen) atoms. The Morgan fingerprint density at radius 1 is 1.10 bits per heavy atom. The molecule has 0 amide bonds. The summed E-state index contributed by atoms with van der Waals surface area (Å²) >= 11 is 1.38. The molecule has 0 atom stereocenters. The molecule has 0 aliphatic carbocycles. The van der Waals surface area contributed by atoms with Crippen molar-refractivity contribution < 1.29 is 14.5 Å². The fraction of sp³-hybridized carbons (Fsp3) is 0.0476. The number of imidazole rings is 1. The van der Waals surface area contributed by atoms with Gasteiger partial charge in [0.1, 0.15) is 21.9 Å². The molecule has 7 nitrogen and oxygen atoms in total. The van der Waals surface area contributed by atoms with E-state index in [1.807, 2.05) is 59.1 Å². The lowest BCUT2D eigenvalue weighted by atomic mass is 10.2. The minimum atomic E-state index is -0.749. The fourth-order valence-electron chi connectivity index (χ4n) is 2.98. The van der Waals surface area contributed by atoms with Crippen LogP contribution in [0.4, 0.5) is 5.69 Å². The normalized spacial score (nSPS) is 10.8. The van der Waals surface area contributed by atoms with Gasteiger partial charge in [-0.3, -0.25) is 14.5 Å². The second-order valence-electron chi connectivity index (χ2n) is 6.09. The van der Waals surface area contributed by atoms with Crippen LogP contribution in [0, 0.1) is 10.1 Å². The molecule has 0 unspecified atom stereocenters. The minimum absolute atomic E-state index is 0.0856. The highest BCUT2D eigenvalue weighted by atomic mass is 32.2. The molecular formula is C21H15N3O4S. The van der Waals surface area contributed by atoms with Crippen molar-refractivity contribution in [1.82, 2.24) is 9.38 Å². The summed E-state index contributed by atoms with van der Waals surface area (Å²) in [5.74, 6) is -0.749. The highest BCUT2D eigenvalue weighted by Crippen LogP contribution is 2.38. The molecule has 0 bridgehead atoms. The number of pyridine rings is 1. The first-order valence-corrected chi connectivity index (χ1v) is 9.47. The predicted molar refractivity (Wildman–Crippen MR) is 109 cm³/mol. The Balaban J connectivity index is 1.84. The van der Waals surface area contributed by atoms with Crippen LogP contribution in [0.25, 0.3) is 16.9 Å². The second kappa shape index (κ2) is 7.76. The molecule has 0 N–H and O–H groups in total. The van der Waals surface area contributed by atoms with E-state index in [1.54, 1.807) is 6.07 Å². The van der Waals surface area contributed by atoms with Gasteiger partial charge < -0.3 is 4.74 Å². The van der Waals surface area contributed by atoms with E-state index in [0.29, 0.717) is 4.90 Å². The summed E-state index contributed by atoms with van der Waals surface area (Å²) in [5.41, 5.74) is 2.15. The minimum Gasteiger partial charge on any atom is -0.465 e. The van der Waals surface area contributed by atoms with Crippen LogP contribution in [0.3, 0.4) is 0 Å². The van der Waals surface area contributed by atoms with E-state index < -0.39 is 10.9 Å². The first kappa shape index (κ1) is 18.7. The van der Waals surface area contributed by atoms with Crippen LogP contribution in [-0.4, -0.2) is 27.4 Å². The van der Waals surface area contributed by atoms with Gasteiger partial charge in [-0.15, -0.1) is 0 Å². The van der Waals surface area contributed by atoms with E-state index in [2.05, 4.69) is 0 Å². The average Bonchev–Trinajstić information content (AvgIpc) is 3.12. The van der Waals surface area contributed by atoms with E-state index in [9.17, 15) is 14.9 Å². The van der Waals surface area contributed by atoms with E-state index in [1.165, 1.54) is 31.0 Å². The highest BCUT2D eigenvalue weighted by Gasteiger charge is 2.23. The van der Waals surface area contributed by atoms with Gasteiger partial charge in [0, 0.05) is 22.7 Å². The Kier molecular flexibility index (Phi) is 5.01. The number of nitro benzene ring substituents is 1. The summed E-state index contributed by atoms with van der Waals surface area (Å²) in [7, 11) is 1.20. The smallest absolute Gasteiger partial charge is 0.344 e. The van der Waals surface area contributed by atoms with Crippen LogP contribution in [0.2, 0.25) is 0 Å². The number of aromatic nitrogens is 2.